The maximum Gasteiger partial charge on any atom is 0.417 e. The number of carboxylic acids is 1. The molecule has 0 fully saturated rings. The average molecular weight is 362 g/mol. The molecule has 3 rings (SSSR count). The fourth-order valence-corrected chi connectivity index (χ4v) is 2.83. The Kier molecular flexibility index (Phi) is 4.48. The lowest BCUT2D eigenvalue weighted by Crippen LogP contribution is -2.09. The number of imidazole rings is 1. The first kappa shape index (κ1) is 18.0. The highest BCUT2D eigenvalue weighted by molar-refractivity contribution is 5.76. The minimum absolute atomic E-state index is 0.218. The van der Waals surface area contributed by atoms with Crippen LogP contribution < -0.4 is 0 Å². The van der Waals surface area contributed by atoms with Gasteiger partial charge in [0, 0.05) is 11.8 Å². The van der Waals surface area contributed by atoms with Gasteiger partial charge in [0.15, 0.2) is 0 Å². The zero-order valence-electron chi connectivity index (χ0n) is 14.2. The summed E-state index contributed by atoms with van der Waals surface area (Å²) in [5, 5.41) is 9.20. The highest BCUT2D eigenvalue weighted by Crippen LogP contribution is 2.32. The summed E-state index contributed by atoms with van der Waals surface area (Å²) in [6.07, 6.45) is -4.05. The molecule has 3 aromatic rings. The number of benzene rings is 1. The van der Waals surface area contributed by atoms with Crippen LogP contribution in [0.15, 0.2) is 42.6 Å². The van der Waals surface area contributed by atoms with Crippen molar-refractivity contribution >= 4 is 11.6 Å². The fourth-order valence-electron chi connectivity index (χ4n) is 2.83. The topological polar surface area (TPSA) is 54.6 Å². The predicted octanol–water partition coefficient (Wildman–Crippen LogP) is 4.77. The summed E-state index contributed by atoms with van der Waals surface area (Å²) >= 11 is 0. The number of alkyl halides is 3. The van der Waals surface area contributed by atoms with Gasteiger partial charge in [0.05, 0.1) is 23.4 Å². The van der Waals surface area contributed by atoms with Crippen LogP contribution in [0, 0.1) is 0 Å². The molecule has 7 heteroatoms. The van der Waals surface area contributed by atoms with Gasteiger partial charge >= 0.3 is 12.1 Å². The van der Waals surface area contributed by atoms with E-state index in [1.807, 2.05) is 24.3 Å². The molecule has 136 valence electrons. The van der Waals surface area contributed by atoms with Gasteiger partial charge in [0.2, 0.25) is 0 Å². The Morgan fingerprint density at radius 3 is 2.35 bits per heavy atom. The van der Waals surface area contributed by atoms with E-state index in [1.165, 1.54) is 10.5 Å². The largest absolute Gasteiger partial charge is 0.481 e. The molecule has 0 atom stereocenters. The van der Waals surface area contributed by atoms with Crippen molar-refractivity contribution in [3.8, 4) is 11.3 Å². The first-order chi connectivity index (χ1) is 12.2. The number of fused-ring (bicyclic) bond motifs is 1. The van der Waals surface area contributed by atoms with Crippen LogP contribution in [0.2, 0.25) is 0 Å². The van der Waals surface area contributed by atoms with E-state index in [9.17, 15) is 23.1 Å². The summed E-state index contributed by atoms with van der Waals surface area (Å²) in [6.45, 7) is 4.10. The highest BCUT2D eigenvalue weighted by Gasteiger charge is 2.31. The van der Waals surface area contributed by atoms with E-state index >= 15 is 0 Å². The standard InChI is InChI=1S/C19H17F3N2O2/c1-11(2)12-3-5-13(6-4-12)18-15(9-17(25)26)24-10-14(19(20,21)22)7-8-16(24)23-18/h3-8,10-11H,9H2,1-2H3,(H,25,26). The van der Waals surface area contributed by atoms with Crippen molar-refractivity contribution < 1.29 is 23.1 Å². The van der Waals surface area contributed by atoms with Crippen LogP contribution in [0.3, 0.4) is 0 Å². The average Bonchev–Trinajstić information content (AvgIpc) is 2.91. The lowest BCUT2D eigenvalue weighted by molar-refractivity contribution is -0.138. The van der Waals surface area contributed by atoms with Crippen molar-refractivity contribution in [2.45, 2.75) is 32.4 Å². The first-order valence-electron chi connectivity index (χ1n) is 8.07. The molecular formula is C19H17F3N2O2. The number of pyridine rings is 1. The minimum atomic E-state index is -4.52. The van der Waals surface area contributed by atoms with Crippen LogP contribution in [0.1, 0.15) is 36.6 Å². The van der Waals surface area contributed by atoms with Crippen molar-refractivity contribution in [2.24, 2.45) is 0 Å². The summed E-state index contributed by atoms with van der Waals surface area (Å²) < 4.78 is 40.2. The van der Waals surface area contributed by atoms with Crippen LogP contribution in [0.5, 0.6) is 0 Å². The number of carbonyl (C=O) groups is 1. The minimum Gasteiger partial charge on any atom is -0.481 e. The Morgan fingerprint density at radius 1 is 1.15 bits per heavy atom. The molecule has 0 saturated carbocycles. The second-order valence-corrected chi connectivity index (χ2v) is 6.40. The lowest BCUT2D eigenvalue weighted by Gasteiger charge is -2.09. The molecule has 0 aliphatic carbocycles. The number of rotatable bonds is 4. The van der Waals surface area contributed by atoms with Gasteiger partial charge in [0.25, 0.3) is 0 Å². The number of nitrogens with zero attached hydrogens (tertiary/aromatic N) is 2. The fraction of sp³-hybridized carbons (Fsp3) is 0.263. The summed E-state index contributed by atoms with van der Waals surface area (Å²) in [5.41, 5.74) is 1.80. The van der Waals surface area contributed by atoms with E-state index in [0.29, 0.717) is 17.2 Å². The number of hydrogen-bond donors (Lipinski definition) is 1. The zero-order valence-corrected chi connectivity index (χ0v) is 14.2. The van der Waals surface area contributed by atoms with Gasteiger partial charge in [-0.05, 0) is 23.6 Å². The van der Waals surface area contributed by atoms with Crippen molar-refractivity contribution in [3.63, 3.8) is 0 Å². The molecule has 0 spiro atoms. The summed E-state index contributed by atoms with van der Waals surface area (Å²) in [4.78, 5) is 15.6. The lowest BCUT2D eigenvalue weighted by atomic mass is 10.00. The quantitative estimate of drug-likeness (QED) is 0.727. The third-order valence-electron chi connectivity index (χ3n) is 4.21. The Hall–Kier alpha value is -2.83. The van der Waals surface area contributed by atoms with Crippen molar-refractivity contribution in [1.29, 1.82) is 0 Å². The Bertz CT molecular complexity index is 957. The molecule has 4 nitrogen and oxygen atoms in total. The first-order valence-corrected chi connectivity index (χ1v) is 8.07. The van der Waals surface area contributed by atoms with Gasteiger partial charge < -0.3 is 9.51 Å². The van der Waals surface area contributed by atoms with E-state index in [2.05, 4.69) is 18.8 Å². The van der Waals surface area contributed by atoms with E-state index in [0.717, 1.165) is 17.8 Å². The monoisotopic (exact) mass is 362 g/mol. The number of halogens is 3. The molecular weight excluding hydrogens is 345 g/mol. The Labute approximate surface area is 147 Å². The van der Waals surface area contributed by atoms with E-state index < -0.39 is 24.1 Å². The van der Waals surface area contributed by atoms with Gasteiger partial charge in [-0.1, -0.05) is 38.1 Å². The predicted molar refractivity (Wildman–Crippen MR) is 91.1 cm³/mol. The van der Waals surface area contributed by atoms with E-state index in [1.54, 1.807) is 0 Å². The molecule has 0 aliphatic rings. The third-order valence-corrected chi connectivity index (χ3v) is 4.21. The maximum atomic E-state index is 13.0. The zero-order chi connectivity index (χ0) is 19.1. The number of carboxylic acid groups (broad SMARTS) is 1. The maximum absolute atomic E-state index is 13.0. The van der Waals surface area contributed by atoms with Crippen molar-refractivity contribution in [3.05, 3.63) is 59.4 Å². The molecule has 0 bridgehead atoms. The number of aromatic nitrogens is 2. The van der Waals surface area contributed by atoms with Crippen LogP contribution in [0.4, 0.5) is 13.2 Å². The number of aliphatic carboxylic acids is 1. The summed E-state index contributed by atoms with van der Waals surface area (Å²) in [6, 6.07) is 9.64. The molecule has 1 aromatic carbocycles. The van der Waals surface area contributed by atoms with Gasteiger partial charge in [0.1, 0.15) is 5.65 Å². The second kappa shape index (κ2) is 6.48. The molecule has 26 heavy (non-hydrogen) atoms. The Morgan fingerprint density at radius 2 is 1.81 bits per heavy atom. The molecule has 0 radical (unpaired) electrons. The van der Waals surface area contributed by atoms with Gasteiger partial charge in [-0.15, -0.1) is 0 Å². The summed E-state index contributed by atoms with van der Waals surface area (Å²) in [5.74, 6) is -0.804. The highest BCUT2D eigenvalue weighted by atomic mass is 19.4. The van der Waals surface area contributed by atoms with Gasteiger partial charge in [-0.2, -0.15) is 13.2 Å². The molecule has 0 unspecified atom stereocenters. The van der Waals surface area contributed by atoms with Crippen LogP contribution in [-0.2, 0) is 17.4 Å². The van der Waals surface area contributed by atoms with E-state index in [4.69, 9.17) is 0 Å². The van der Waals surface area contributed by atoms with E-state index in [-0.39, 0.29) is 11.3 Å². The van der Waals surface area contributed by atoms with Gasteiger partial charge in [-0.3, -0.25) is 4.79 Å². The third kappa shape index (κ3) is 3.42. The SMILES string of the molecule is CC(C)c1ccc(-c2nc3ccc(C(F)(F)F)cn3c2CC(=O)O)cc1. The summed E-state index contributed by atoms with van der Waals surface area (Å²) in [7, 11) is 0. The smallest absolute Gasteiger partial charge is 0.417 e. The van der Waals surface area contributed by atoms with Crippen LogP contribution in [0.25, 0.3) is 16.9 Å². The molecule has 2 heterocycles. The van der Waals surface area contributed by atoms with Crippen LogP contribution >= 0.6 is 0 Å². The van der Waals surface area contributed by atoms with Gasteiger partial charge in [-0.25, -0.2) is 4.98 Å². The molecule has 0 aliphatic heterocycles. The van der Waals surface area contributed by atoms with Crippen molar-refractivity contribution in [1.82, 2.24) is 9.38 Å². The van der Waals surface area contributed by atoms with Crippen LogP contribution in [-0.4, -0.2) is 20.5 Å². The Balaban J connectivity index is 2.19. The molecule has 0 saturated heterocycles. The molecule has 2 aromatic heterocycles. The normalized spacial score (nSPS) is 12.1. The van der Waals surface area contributed by atoms with Crippen molar-refractivity contribution in [2.75, 3.05) is 0 Å². The molecule has 0 amide bonds. The number of hydrogen-bond acceptors (Lipinski definition) is 2. The molecule has 1 N–H and O–H groups in total. The second-order valence-electron chi connectivity index (χ2n) is 6.40.